The maximum absolute atomic E-state index is 10.7. The molecule has 0 radical (unpaired) electrons. The zero-order chi connectivity index (χ0) is 10.1. The van der Waals surface area contributed by atoms with E-state index in [0.29, 0.717) is 12.4 Å². The third-order valence-electron chi connectivity index (χ3n) is 2.18. The zero-order valence-corrected chi connectivity index (χ0v) is 8.86. The van der Waals surface area contributed by atoms with Crippen LogP contribution in [-0.2, 0) is 0 Å². The van der Waals surface area contributed by atoms with Crippen molar-refractivity contribution in [3.63, 3.8) is 0 Å². The van der Waals surface area contributed by atoms with Crippen molar-refractivity contribution in [2.75, 3.05) is 6.61 Å². The van der Waals surface area contributed by atoms with Crippen LogP contribution in [0.15, 0.2) is 18.2 Å². The molecular formula is C9H8BrNO3. The molecule has 1 heterocycles. The number of nitro benzene ring substituents is 1. The van der Waals surface area contributed by atoms with Crippen LogP contribution in [-0.4, -0.2) is 11.5 Å². The number of halogens is 1. The quantitative estimate of drug-likeness (QED) is 0.442. The number of benzene rings is 1. The van der Waals surface area contributed by atoms with E-state index in [9.17, 15) is 10.1 Å². The molecule has 0 amide bonds. The van der Waals surface area contributed by atoms with Crippen LogP contribution in [0.25, 0.3) is 0 Å². The van der Waals surface area contributed by atoms with E-state index >= 15 is 0 Å². The molecule has 0 aliphatic carbocycles. The monoisotopic (exact) mass is 257 g/mol. The molecule has 0 spiro atoms. The van der Waals surface area contributed by atoms with Crippen molar-refractivity contribution < 1.29 is 9.66 Å². The summed E-state index contributed by atoms with van der Waals surface area (Å²) in [7, 11) is 0. The van der Waals surface area contributed by atoms with Crippen molar-refractivity contribution in [3.05, 3.63) is 33.9 Å². The highest BCUT2D eigenvalue weighted by atomic mass is 79.9. The Hall–Kier alpha value is -1.10. The maximum atomic E-state index is 10.7. The average Bonchev–Trinajstić information content (AvgIpc) is 2.17. The number of para-hydroxylation sites is 1. The number of hydrogen-bond donors (Lipinski definition) is 0. The minimum absolute atomic E-state index is 0.0478. The first-order valence-electron chi connectivity index (χ1n) is 4.24. The summed E-state index contributed by atoms with van der Waals surface area (Å²) >= 11 is 3.47. The standard InChI is InChI=1S/C9H8BrNO3/c10-7-4-5-14-9-6(7)2-1-3-8(9)11(12)13/h1-3,7H,4-5H2. The molecule has 5 heteroatoms. The zero-order valence-electron chi connectivity index (χ0n) is 7.27. The Morgan fingerprint density at radius 1 is 1.57 bits per heavy atom. The molecule has 1 aliphatic rings. The highest BCUT2D eigenvalue weighted by Crippen LogP contribution is 2.42. The van der Waals surface area contributed by atoms with Gasteiger partial charge in [-0.1, -0.05) is 28.1 Å². The van der Waals surface area contributed by atoms with Gasteiger partial charge in [0.15, 0.2) is 0 Å². The van der Waals surface area contributed by atoms with E-state index in [-0.39, 0.29) is 10.5 Å². The van der Waals surface area contributed by atoms with Gasteiger partial charge in [-0.15, -0.1) is 0 Å². The lowest BCUT2D eigenvalue weighted by Crippen LogP contribution is -2.11. The van der Waals surface area contributed by atoms with E-state index in [0.717, 1.165) is 12.0 Å². The fourth-order valence-electron chi connectivity index (χ4n) is 1.51. The number of fused-ring (bicyclic) bond motifs is 1. The third kappa shape index (κ3) is 1.48. The van der Waals surface area contributed by atoms with Crippen LogP contribution in [0.4, 0.5) is 5.69 Å². The average molecular weight is 258 g/mol. The van der Waals surface area contributed by atoms with Gasteiger partial charge in [-0.25, -0.2) is 0 Å². The Morgan fingerprint density at radius 2 is 2.36 bits per heavy atom. The van der Waals surface area contributed by atoms with E-state index < -0.39 is 4.92 Å². The van der Waals surface area contributed by atoms with Crippen LogP contribution in [0.5, 0.6) is 5.75 Å². The van der Waals surface area contributed by atoms with Gasteiger partial charge in [-0.2, -0.15) is 0 Å². The third-order valence-corrected chi connectivity index (χ3v) is 3.13. The predicted molar refractivity (Wildman–Crippen MR) is 54.9 cm³/mol. The minimum Gasteiger partial charge on any atom is -0.487 e. The summed E-state index contributed by atoms with van der Waals surface area (Å²) in [4.78, 5) is 10.4. The van der Waals surface area contributed by atoms with E-state index in [1.807, 2.05) is 6.07 Å². The SMILES string of the molecule is O=[N+]([O-])c1cccc2c1OCCC2Br. The number of ether oxygens (including phenoxy) is 1. The summed E-state index contributed by atoms with van der Waals surface area (Å²) in [6.45, 7) is 0.522. The van der Waals surface area contributed by atoms with Gasteiger partial charge in [-0.05, 0) is 6.42 Å². The molecule has 4 nitrogen and oxygen atoms in total. The molecule has 1 atom stereocenters. The summed E-state index contributed by atoms with van der Waals surface area (Å²) < 4.78 is 5.31. The van der Waals surface area contributed by atoms with Crippen molar-refractivity contribution in [3.8, 4) is 5.75 Å². The van der Waals surface area contributed by atoms with Crippen molar-refractivity contribution in [2.24, 2.45) is 0 Å². The molecule has 0 bridgehead atoms. The van der Waals surface area contributed by atoms with Crippen LogP contribution in [0, 0.1) is 10.1 Å². The number of rotatable bonds is 1. The molecule has 0 N–H and O–H groups in total. The molecule has 74 valence electrons. The van der Waals surface area contributed by atoms with Crippen LogP contribution in [0.3, 0.4) is 0 Å². The molecule has 1 aromatic carbocycles. The fraction of sp³-hybridized carbons (Fsp3) is 0.333. The van der Waals surface area contributed by atoms with E-state index in [2.05, 4.69) is 15.9 Å². The Labute approximate surface area is 89.2 Å². The molecule has 2 rings (SSSR count). The maximum Gasteiger partial charge on any atom is 0.311 e. The topological polar surface area (TPSA) is 52.4 Å². The first-order valence-corrected chi connectivity index (χ1v) is 5.16. The van der Waals surface area contributed by atoms with Gasteiger partial charge < -0.3 is 4.74 Å². The minimum atomic E-state index is -0.413. The van der Waals surface area contributed by atoms with Gasteiger partial charge in [0, 0.05) is 16.5 Å². The van der Waals surface area contributed by atoms with Crippen molar-refractivity contribution >= 4 is 21.6 Å². The summed E-state index contributed by atoms with van der Waals surface area (Å²) in [6, 6.07) is 4.99. The van der Waals surface area contributed by atoms with Crippen molar-refractivity contribution in [2.45, 2.75) is 11.2 Å². The highest BCUT2D eigenvalue weighted by Gasteiger charge is 2.26. The normalized spacial score (nSPS) is 19.6. The molecule has 1 aromatic rings. The van der Waals surface area contributed by atoms with Gasteiger partial charge >= 0.3 is 5.69 Å². The molecule has 0 saturated heterocycles. The van der Waals surface area contributed by atoms with E-state index in [1.165, 1.54) is 6.07 Å². The summed E-state index contributed by atoms with van der Waals surface area (Å²) in [5.41, 5.74) is 0.914. The van der Waals surface area contributed by atoms with E-state index in [1.54, 1.807) is 6.07 Å². The summed E-state index contributed by atoms with van der Waals surface area (Å²) in [6.07, 6.45) is 0.841. The lowest BCUT2D eigenvalue weighted by atomic mass is 10.1. The second-order valence-corrected chi connectivity index (χ2v) is 4.16. The summed E-state index contributed by atoms with van der Waals surface area (Å²) in [5.74, 6) is 0.408. The second-order valence-electron chi connectivity index (χ2n) is 3.06. The second kappa shape index (κ2) is 3.57. The van der Waals surface area contributed by atoms with Gasteiger partial charge in [0.25, 0.3) is 0 Å². The van der Waals surface area contributed by atoms with Crippen molar-refractivity contribution in [1.29, 1.82) is 0 Å². The molecule has 0 aromatic heterocycles. The fourth-order valence-corrected chi connectivity index (χ4v) is 2.06. The Balaban J connectivity index is 2.55. The Bertz CT molecular complexity index is 380. The molecular weight excluding hydrogens is 250 g/mol. The van der Waals surface area contributed by atoms with Crippen molar-refractivity contribution in [1.82, 2.24) is 0 Å². The van der Waals surface area contributed by atoms with E-state index in [4.69, 9.17) is 4.74 Å². The predicted octanol–water partition coefficient (Wildman–Crippen LogP) is 2.81. The van der Waals surface area contributed by atoms with Crippen LogP contribution in [0.2, 0.25) is 0 Å². The molecule has 0 saturated carbocycles. The molecule has 1 unspecified atom stereocenters. The lowest BCUT2D eigenvalue weighted by Gasteiger charge is -2.20. The Morgan fingerprint density at radius 3 is 3.07 bits per heavy atom. The molecule has 1 aliphatic heterocycles. The molecule has 0 fully saturated rings. The largest absolute Gasteiger partial charge is 0.487 e. The first kappa shape index (κ1) is 9.45. The summed E-state index contributed by atoms with van der Waals surface area (Å²) in [5, 5.41) is 10.7. The lowest BCUT2D eigenvalue weighted by molar-refractivity contribution is -0.386. The number of nitrogens with zero attached hydrogens (tertiary/aromatic N) is 1. The highest BCUT2D eigenvalue weighted by molar-refractivity contribution is 9.09. The number of alkyl halides is 1. The number of hydrogen-bond acceptors (Lipinski definition) is 3. The van der Waals surface area contributed by atoms with Crippen LogP contribution < -0.4 is 4.74 Å². The molecule has 14 heavy (non-hydrogen) atoms. The number of nitro groups is 1. The smallest absolute Gasteiger partial charge is 0.311 e. The first-order chi connectivity index (χ1) is 6.70. The van der Waals surface area contributed by atoms with Gasteiger partial charge in [0.05, 0.1) is 11.5 Å². The van der Waals surface area contributed by atoms with Crippen LogP contribution in [0.1, 0.15) is 16.8 Å². The van der Waals surface area contributed by atoms with Gasteiger partial charge in [0.2, 0.25) is 5.75 Å². The van der Waals surface area contributed by atoms with Gasteiger partial charge in [0.1, 0.15) is 0 Å². The van der Waals surface area contributed by atoms with Gasteiger partial charge in [-0.3, -0.25) is 10.1 Å². The Kier molecular flexibility index (Phi) is 2.41. The van der Waals surface area contributed by atoms with Crippen LogP contribution >= 0.6 is 15.9 Å².